The first kappa shape index (κ1) is 21.7. The Balaban J connectivity index is 1.87. The summed E-state index contributed by atoms with van der Waals surface area (Å²) >= 11 is 0. The fraction of sp³-hybridized carbons (Fsp3) is 0.182. The lowest BCUT2D eigenvalue weighted by atomic mass is 9.99. The normalized spacial score (nSPS) is 15.1. The van der Waals surface area contributed by atoms with E-state index in [1.165, 1.54) is 0 Å². The second-order valence-electron chi connectivity index (χ2n) is 6.99. The van der Waals surface area contributed by atoms with Crippen LogP contribution in [0.2, 0.25) is 0 Å². The number of hydrogen-bond acceptors (Lipinski definition) is 6. The van der Waals surface area contributed by atoms with E-state index < -0.39 is 22.5 Å². The van der Waals surface area contributed by atoms with Gasteiger partial charge in [-0.25, -0.2) is 20.9 Å². The van der Waals surface area contributed by atoms with Gasteiger partial charge in [0, 0.05) is 11.4 Å². The summed E-state index contributed by atoms with van der Waals surface area (Å²) in [5.74, 6) is 0. The molecule has 2 unspecified atom stereocenters. The van der Waals surface area contributed by atoms with Crippen molar-refractivity contribution in [1.82, 2.24) is 0 Å². The number of hydroxylamine groups is 4. The molecule has 0 spiro atoms. The first-order valence-electron chi connectivity index (χ1n) is 9.68. The summed E-state index contributed by atoms with van der Waals surface area (Å²) in [6, 6.07) is 25.3. The van der Waals surface area contributed by atoms with Crippen LogP contribution in [0.1, 0.15) is 23.2 Å². The lowest BCUT2D eigenvalue weighted by molar-refractivity contribution is -1.05. The fourth-order valence-corrected chi connectivity index (χ4v) is 3.32. The monoisotopic (exact) mass is 410 g/mol. The SMILES string of the molecule is [O-][NH+](O)C[C@@H](Nc1ccccc1)c1cccc([C@@H](C[NH+]([O-])O)Nc2ccccc2)c1. The molecule has 0 aromatic heterocycles. The van der Waals surface area contributed by atoms with E-state index in [2.05, 4.69) is 10.6 Å². The average molecular weight is 410 g/mol. The van der Waals surface area contributed by atoms with Gasteiger partial charge in [-0.2, -0.15) is 0 Å². The molecule has 30 heavy (non-hydrogen) atoms. The highest BCUT2D eigenvalue weighted by molar-refractivity contribution is 5.48. The van der Waals surface area contributed by atoms with E-state index in [9.17, 15) is 20.8 Å². The predicted molar refractivity (Wildman–Crippen MR) is 114 cm³/mol. The van der Waals surface area contributed by atoms with Crippen LogP contribution in [-0.4, -0.2) is 23.5 Å². The molecule has 8 nitrogen and oxygen atoms in total. The molecule has 8 heteroatoms. The van der Waals surface area contributed by atoms with Crippen LogP contribution < -0.4 is 21.1 Å². The van der Waals surface area contributed by atoms with Crippen LogP contribution in [0, 0.1) is 10.4 Å². The number of quaternary nitrogens is 2. The van der Waals surface area contributed by atoms with Gasteiger partial charge >= 0.3 is 0 Å². The van der Waals surface area contributed by atoms with Crippen molar-refractivity contribution in [2.75, 3.05) is 23.7 Å². The number of hydrogen-bond donors (Lipinski definition) is 6. The van der Waals surface area contributed by atoms with Gasteiger partial charge in [0.25, 0.3) is 0 Å². The highest BCUT2D eigenvalue weighted by atomic mass is 16.8. The zero-order valence-corrected chi connectivity index (χ0v) is 16.4. The van der Waals surface area contributed by atoms with Gasteiger partial charge in [-0.05, 0) is 35.4 Å². The minimum absolute atomic E-state index is 0.103. The Hall–Kier alpha value is -2.98. The number of rotatable bonds is 10. The van der Waals surface area contributed by atoms with E-state index in [4.69, 9.17) is 0 Å². The molecule has 158 valence electrons. The molecule has 0 aliphatic carbocycles. The van der Waals surface area contributed by atoms with E-state index in [1.807, 2.05) is 84.9 Å². The standard InChI is InChI=1S/C22H26N4O4/c27-25(28)15-21(23-19-10-3-1-4-11-19)17-8-7-9-18(14-17)22(16-26(29)30)24-20-12-5-2-6-13-20/h1-14,21-27,29H,15-16H2/t21-,22-/m1/s1. The van der Waals surface area contributed by atoms with Crippen LogP contribution in [-0.2, 0) is 0 Å². The first-order valence-corrected chi connectivity index (χ1v) is 9.68. The van der Waals surface area contributed by atoms with E-state index in [0.29, 0.717) is 0 Å². The summed E-state index contributed by atoms with van der Waals surface area (Å²) in [7, 11) is 0. The molecular weight excluding hydrogens is 384 g/mol. The van der Waals surface area contributed by atoms with Gasteiger partial charge in [0.15, 0.2) is 0 Å². The van der Waals surface area contributed by atoms with Crippen LogP contribution in [0.15, 0.2) is 84.9 Å². The molecular formula is C22H26N4O4. The molecule has 0 saturated carbocycles. The summed E-state index contributed by atoms with van der Waals surface area (Å²) in [4.78, 5) is 0. The lowest BCUT2D eigenvalue weighted by Gasteiger charge is -2.26. The van der Waals surface area contributed by atoms with E-state index in [1.54, 1.807) is 0 Å². The average Bonchev–Trinajstić information content (AvgIpc) is 2.74. The van der Waals surface area contributed by atoms with Crippen molar-refractivity contribution >= 4 is 11.4 Å². The Labute approximate surface area is 175 Å². The highest BCUT2D eigenvalue weighted by Gasteiger charge is 2.20. The highest BCUT2D eigenvalue weighted by Crippen LogP contribution is 2.24. The van der Waals surface area contributed by atoms with Gasteiger partial charge in [0.05, 0.1) is 0 Å². The molecule has 3 aromatic rings. The summed E-state index contributed by atoms with van der Waals surface area (Å²) in [5, 5.41) is 46.4. The molecule has 0 aliphatic heterocycles. The van der Waals surface area contributed by atoms with Crippen molar-refractivity contribution in [2.24, 2.45) is 0 Å². The van der Waals surface area contributed by atoms with Crippen molar-refractivity contribution < 1.29 is 20.9 Å². The largest absolute Gasteiger partial charge is 0.600 e. The van der Waals surface area contributed by atoms with Crippen molar-refractivity contribution in [3.63, 3.8) is 0 Å². The molecule has 3 rings (SSSR count). The number of para-hydroxylation sites is 2. The summed E-state index contributed by atoms with van der Waals surface area (Å²) in [6.07, 6.45) is 0. The zero-order chi connectivity index (χ0) is 21.3. The molecule has 0 bridgehead atoms. The molecule has 0 amide bonds. The third kappa shape index (κ3) is 6.53. The minimum Gasteiger partial charge on any atom is -0.600 e. The number of nitrogens with one attached hydrogen (secondary N) is 4. The third-order valence-electron chi connectivity index (χ3n) is 4.70. The number of anilines is 2. The Morgan fingerprint density at radius 2 is 1.03 bits per heavy atom. The Bertz CT molecular complexity index is 823. The Kier molecular flexibility index (Phi) is 7.75. The quantitative estimate of drug-likeness (QED) is 0.282. The van der Waals surface area contributed by atoms with Crippen molar-refractivity contribution in [3.05, 3.63) is 106 Å². The van der Waals surface area contributed by atoms with Gasteiger partial charge in [-0.1, -0.05) is 60.7 Å². The van der Waals surface area contributed by atoms with Gasteiger partial charge < -0.3 is 21.0 Å². The molecule has 0 radical (unpaired) electrons. The zero-order valence-electron chi connectivity index (χ0n) is 16.4. The van der Waals surface area contributed by atoms with Crippen LogP contribution >= 0.6 is 0 Å². The minimum atomic E-state index is -0.918. The summed E-state index contributed by atoms with van der Waals surface area (Å²) < 4.78 is 0. The smallest absolute Gasteiger partial charge is 0.131 e. The van der Waals surface area contributed by atoms with Gasteiger partial charge in [-0.15, -0.1) is 0 Å². The second kappa shape index (κ2) is 10.7. The van der Waals surface area contributed by atoms with E-state index in [-0.39, 0.29) is 13.1 Å². The maximum absolute atomic E-state index is 11.4. The second-order valence-corrected chi connectivity index (χ2v) is 6.99. The van der Waals surface area contributed by atoms with Crippen LogP contribution in [0.25, 0.3) is 0 Å². The van der Waals surface area contributed by atoms with Gasteiger partial charge in [-0.3, -0.25) is 0 Å². The Morgan fingerprint density at radius 3 is 1.40 bits per heavy atom. The number of benzene rings is 3. The molecule has 0 saturated heterocycles. The summed E-state index contributed by atoms with van der Waals surface area (Å²) in [6.45, 7) is -0.206. The maximum Gasteiger partial charge on any atom is 0.131 e. The van der Waals surface area contributed by atoms with Crippen molar-refractivity contribution in [2.45, 2.75) is 12.1 Å². The summed E-state index contributed by atoms with van der Waals surface area (Å²) in [5.41, 5.74) is 3.20. The van der Waals surface area contributed by atoms with Gasteiger partial charge in [0.1, 0.15) is 25.2 Å². The molecule has 0 heterocycles. The van der Waals surface area contributed by atoms with Crippen LogP contribution in [0.4, 0.5) is 11.4 Å². The molecule has 6 N–H and O–H groups in total. The van der Waals surface area contributed by atoms with Crippen molar-refractivity contribution in [3.8, 4) is 0 Å². The maximum atomic E-state index is 11.4. The predicted octanol–water partition coefficient (Wildman–Crippen LogP) is 1.54. The first-order chi connectivity index (χ1) is 14.5. The fourth-order valence-electron chi connectivity index (χ4n) is 3.32. The lowest BCUT2D eigenvalue weighted by Crippen LogP contribution is -3.05. The molecule has 3 aromatic carbocycles. The molecule has 4 atom stereocenters. The van der Waals surface area contributed by atoms with E-state index >= 15 is 0 Å². The van der Waals surface area contributed by atoms with Gasteiger partial charge in [0.2, 0.25) is 0 Å². The molecule has 0 fully saturated rings. The third-order valence-corrected chi connectivity index (χ3v) is 4.70. The molecule has 0 aliphatic rings. The van der Waals surface area contributed by atoms with E-state index in [0.717, 1.165) is 22.5 Å². The van der Waals surface area contributed by atoms with Crippen LogP contribution in [0.5, 0.6) is 0 Å². The van der Waals surface area contributed by atoms with Crippen molar-refractivity contribution in [1.29, 1.82) is 0 Å². The Morgan fingerprint density at radius 1 is 0.633 bits per heavy atom. The topological polar surface area (TPSA) is 120 Å². The van der Waals surface area contributed by atoms with Crippen LogP contribution in [0.3, 0.4) is 0 Å².